The molecule has 5 rings (SSSR count). The van der Waals surface area contributed by atoms with Crippen LogP contribution in [0.1, 0.15) is 97.4 Å². The van der Waals surface area contributed by atoms with Crippen LogP contribution in [0.25, 0.3) is 11.1 Å². The molecule has 1 aromatic heterocycles. The average molecular weight is 703 g/mol. The molecule has 1 amide bonds. The van der Waals surface area contributed by atoms with Gasteiger partial charge in [0.1, 0.15) is 12.4 Å². The van der Waals surface area contributed by atoms with Gasteiger partial charge in [0.2, 0.25) is 5.91 Å². The summed E-state index contributed by atoms with van der Waals surface area (Å²) in [5.41, 5.74) is -18.0. The summed E-state index contributed by atoms with van der Waals surface area (Å²) in [5.74, 6) is -4.61. The zero-order valence-corrected chi connectivity index (χ0v) is 23.5. The maximum absolute atomic E-state index is 15.5. The molecule has 0 unspecified atom stereocenters. The van der Waals surface area contributed by atoms with Crippen molar-refractivity contribution >= 4 is 17.7 Å². The Bertz CT molecular complexity index is 3320. The van der Waals surface area contributed by atoms with Gasteiger partial charge in [0, 0.05) is 63.9 Å². The van der Waals surface area contributed by atoms with E-state index in [9.17, 15) is 27.8 Å². The highest BCUT2D eigenvalue weighted by Gasteiger charge is 2.30. The smallest absolute Gasteiger partial charge is 0.336 e. The van der Waals surface area contributed by atoms with Gasteiger partial charge in [-0.3, -0.25) is 9.59 Å². The number of hydrogen-bond donors (Lipinski definition) is 0. The second-order valence-electron chi connectivity index (χ2n) is 8.40. The van der Waals surface area contributed by atoms with E-state index in [1.807, 2.05) is 0 Å². The lowest BCUT2D eigenvalue weighted by atomic mass is 10.0. The van der Waals surface area contributed by atoms with Crippen LogP contribution in [-0.2, 0) is 42.5 Å². The van der Waals surface area contributed by atoms with Crippen molar-refractivity contribution < 1.29 is 71.7 Å². The fourth-order valence-corrected chi connectivity index (χ4v) is 4.02. The Morgan fingerprint density at radius 3 is 2.26 bits per heavy atom. The Kier molecular flexibility index (Phi) is 3.59. The molecule has 0 N–H and O–H groups in total. The molecular weight excluding hydrogens is 628 g/mol. The van der Waals surface area contributed by atoms with Gasteiger partial charge in [-0.15, -0.1) is 0 Å². The summed E-state index contributed by atoms with van der Waals surface area (Å²) >= 11 is -0.689. The number of carbonyl (C=O) groups excluding carboxylic acids is 1. The predicted octanol–water partition coefficient (Wildman–Crippen LogP) is 7.22. The summed E-state index contributed by atoms with van der Waals surface area (Å²) < 4.78 is 362. The topological polar surface area (TPSA) is 58.4 Å². The van der Waals surface area contributed by atoms with Gasteiger partial charge in [-0.25, -0.2) is 4.39 Å². The number of alkyl halides is 3. The van der Waals surface area contributed by atoms with Gasteiger partial charge < -0.3 is 14.4 Å². The predicted molar refractivity (Wildman–Crippen MR) is 177 cm³/mol. The minimum atomic E-state index is -5.62. The molecule has 0 saturated heterocycles. The third-order valence-corrected chi connectivity index (χ3v) is 6.20. The molecule has 3 aromatic carbocycles. The highest BCUT2D eigenvalue weighted by Crippen LogP contribution is 2.31. The Morgan fingerprint density at radius 2 is 1.62 bits per heavy atom. The van der Waals surface area contributed by atoms with E-state index in [2.05, 4.69) is 4.98 Å². The quantitative estimate of drug-likeness (QED) is 0.0837. The maximum atomic E-state index is 15.5. The minimum absolute atomic E-state index is 0.259. The standard InChI is InChI=1S/C36H38F4N4O2S/c1-3-42(4-2)20-21-43(22-25-8-12-27(13-9-25)28-14-16-29(17-15-28)36(38,39)40)33(45)23-44-32-7-5-6-31(32)34(46)41-35(44)47-24-26-10-18-30(37)19-11-26/h8-19H,3-7,20-24H2,1-2H3/i1D3,2D3,3D2,4D2,5D2,6D2,7D2,8D,9D,10D,11D,12D,13D,14D,15D,16D,17D,18D,19D,20D2,21D2,22D2,24D2. The van der Waals surface area contributed by atoms with Crippen molar-refractivity contribution in [2.24, 2.45) is 0 Å². The second-order valence-corrected chi connectivity index (χ2v) is 9.17. The molecule has 0 aliphatic heterocycles. The zero-order chi connectivity index (χ0) is 65.1. The van der Waals surface area contributed by atoms with E-state index in [1.54, 1.807) is 0 Å². The molecule has 11 heteroatoms. The maximum Gasteiger partial charge on any atom is 0.416 e. The number of thioether (sulfide) groups is 1. The zero-order valence-electron chi connectivity index (χ0n) is 58.7. The molecule has 47 heavy (non-hydrogen) atoms. The fourth-order valence-electron chi connectivity index (χ4n) is 3.33. The van der Waals surface area contributed by atoms with Crippen LogP contribution in [0.4, 0.5) is 17.6 Å². The lowest BCUT2D eigenvalue weighted by Gasteiger charge is -2.28. The summed E-state index contributed by atoms with van der Waals surface area (Å²) in [6.45, 7) is -36.8. The number of hydrogen-bond acceptors (Lipinski definition) is 5. The van der Waals surface area contributed by atoms with Crippen molar-refractivity contribution in [1.82, 2.24) is 19.4 Å². The van der Waals surface area contributed by atoms with Crippen LogP contribution in [0, 0.1) is 5.82 Å². The molecule has 4 aromatic rings. The Hall–Kier alpha value is -3.96. The molecule has 0 atom stereocenters. The highest BCUT2D eigenvalue weighted by molar-refractivity contribution is 7.98. The molecule has 6 nitrogen and oxygen atoms in total. The number of fused-ring (bicyclic) bond motifs is 1. The van der Waals surface area contributed by atoms with Crippen molar-refractivity contribution in [1.29, 1.82) is 0 Å². The van der Waals surface area contributed by atoms with Crippen molar-refractivity contribution in [2.75, 3.05) is 26.0 Å². The number of benzene rings is 3. The van der Waals surface area contributed by atoms with Crippen LogP contribution in [-0.4, -0.2) is 51.2 Å². The third-order valence-electron chi connectivity index (χ3n) is 5.40. The Labute approximate surface area is 327 Å². The van der Waals surface area contributed by atoms with Crippen LogP contribution in [0.5, 0.6) is 0 Å². The van der Waals surface area contributed by atoms with Gasteiger partial charge in [-0.05, 0) is 78.5 Å². The molecule has 1 aliphatic rings. The molecule has 248 valence electrons. The first-order chi connectivity index (χ1) is 36.7. The summed E-state index contributed by atoms with van der Waals surface area (Å²) in [6, 6.07) is -20.9. The van der Waals surface area contributed by atoms with E-state index >= 15 is 4.79 Å². The molecule has 0 radical (unpaired) electrons. The van der Waals surface area contributed by atoms with Gasteiger partial charge in [-0.2, -0.15) is 18.2 Å². The van der Waals surface area contributed by atoms with Gasteiger partial charge in [0.15, 0.2) is 5.16 Å². The van der Waals surface area contributed by atoms with E-state index < -0.39 is 239 Å². The second kappa shape index (κ2) is 15.3. The summed E-state index contributed by atoms with van der Waals surface area (Å²) in [6.07, 6.45) is -17.7. The molecule has 1 aliphatic carbocycles. The first-order valence-electron chi connectivity index (χ1n) is 30.2. The molecule has 0 fully saturated rings. The molecule has 0 spiro atoms. The van der Waals surface area contributed by atoms with E-state index in [-0.39, 0.29) is 4.57 Å². The summed E-state index contributed by atoms with van der Waals surface area (Å²) in [7, 11) is 0. The first kappa shape index (κ1) is 11.0. The first-order valence-corrected chi connectivity index (χ1v) is 13.0. The summed E-state index contributed by atoms with van der Waals surface area (Å²) in [5, 5.41) is -1.63. The SMILES string of the molecule is [2H]c1c([2H])c(C([2H])([2H])Sc2nc(=O)c3c(n2CC(=O)N(C([2H])([2H])c2c([2H])c([2H])c(-c4c([2H])c([2H])c(C(F)(F)F)c([2H])c4[2H])c([2H])c2[2H])C([2H])([2H])C([2H])([2H])N(C([2H])([2H])C([2H])([2H])[2H])C([2H])([2H])C([2H])([2H])[2H])C([2H])([2H])C([2H])([2H])C3([2H])[2H])c([2H])c([2H])c1F. The molecule has 1 heterocycles. The van der Waals surface area contributed by atoms with E-state index in [0.29, 0.717) is 0 Å². The van der Waals surface area contributed by atoms with Crippen LogP contribution >= 0.6 is 11.8 Å². The number of halogens is 4. The van der Waals surface area contributed by atoms with Crippen molar-refractivity contribution in [3.8, 4) is 11.1 Å². The summed E-state index contributed by atoms with van der Waals surface area (Å²) in [4.78, 5) is 30.0. The van der Waals surface area contributed by atoms with Crippen LogP contribution in [0.3, 0.4) is 0 Å². The largest absolute Gasteiger partial charge is 0.416 e. The van der Waals surface area contributed by atoms with Crippen molar-refractivity contribution in [3.63, 3.8) is 0 Å². The Balaban J connectivity index is 2.03. The lowest BCUT2D eigenvalue weighted by molar-refractivity contribution is -0.137. The minimum Gasteiger partial charge on any atom is -0.336 e. The van der Waals surface area contributed by atoms with Crippen molar-refractivity contribution in [3.05, 3.63) is 117 Å². The number of aromatic nitrogens is 2. The number of carbonyl (C=O) groups is 1. The van der Waals surface area contributed by atoms with Crippen LogP contribution in [0.15, 0.2) is 82.5 Å². The van der Waals surface area contributed by atoms with Gasteiger partial charge in [0.05, 0.1) is 27.5 Å². The van der Waals surface area contributed by atoms with E-state index in [4.69, 9.17) is 43.9 Å². The number of rotatable bonds is 13. The molecular formula is C36H38F4N4O2S. The number of amides is 1. The van der Waals surface area contributed by atoms with Crippen molar-refractivity contribution in [2.45, 2.75) is 62.9 Å². The average Bonchev–Trinajstić information content (AvgIpc) is 1.86. The fraction of sp³-hybridized carbons (Fsp3) is 0.361. The van der Waals surface area contributed by atoms with E-state index in [0.717, 1.165) is 0 Å². The monoisotopic (exact) mass is 702 g/mol. The van der Waals surface area contributed by atoms with Crippen LogP contribution in [0.2, 0.25) is 0 Å². The molecule has 0 bridgehead atoms. The lowest BCUT2D eigenvalue weighted by Crippen LogP contribution is -2.40. The normalized spacial score (nSPS) is 29.6. The van der Waals surface area contributed by atoms with Gasteiger partial charge in [0.25, 0.3) is 5.56 Å². The van der Waals surface area contributed by atoms with E-state index in [1.165, 1.54) is 0 Å². The van der Waals surface area contributed by atoms with Gasteiger partial charge >= 0.3 is 6.18 Å². The number of nitrogens with zero attached hydrogens (tertiary/aromatic N) is 4. The highest BCUT2D eigenvalue weighted by atomic mass is 32.2. The molecule has 0 saturated carbocycles. The third kappa shape index (κ3) is 8.70. The van der Waals surface area contributed by atoms with Crippen LogP contribution < -0.4 is 5.56 Å². The Morgan fingerprint density at radius 1 is 0.979 bits per heavy atom. The number of likely N-dealkylation sites (N-methyl/N-ethyl adjacent to an activating group) is 1. The van der Waals surface area contributed by atoms with Gasteiger partial charge in [-0.1, -0.05) is 73.8 Å².